The number of hydrogen-bond donors (Lipinski definition) is 3. The summed E-state index contributed by atoms with van der Waals surface area (Å²) in [5.41, 5.74) is 8.24. The molecule has 30 heavy (non-hydrogen) atoms. The Labute approximate surface area is 175 Å². The van der Waals surface area contributed by atoms with Gasteiger partial charge in [-0.1, -0.05) is 13.8 Å². The Bertz CT molecular complexity index is 1040. The van der Waals surface area contributed by atoms with Crippen LogP contribution in [0.3, 0.4) is 0 Å². The number of ketones is 1. The molecule has 0 aliphatic heterocycles. The molecule has 2 aromatic rings. The van der Waals surface area contributed by atoms with E-state index in [0.717, 1.165) is 24.1 Å². The molecule has 4 N–H and O–H groups in total. The number of benzene rings is 1. The van der Waals surface area contributed by atoms with E-state index in [0.29, 0.717) is 30.5 Å². The Hall–Kier alpha value is -2.67. The van der Waals surface area contributed by atoms with Crippen LogP contribution in [-0.4, -0.2) is 33.5 Å². The largest absolute Gasteiger partial charge is 0.391 e. The number of Topliss-reactive ketones (excluding diaryl/α,β-unsaturated/α-hetero) is 1. The fraction of sp³-hybridized carbons (Fsp3) is 0.478. The Balaban J connectivity index is 1.84. The molecule has 7 heteroatoms. The molecular weight excluding hydrogens is 385 g/mol. The average Bonchev–Trinajstić information content (AvgIpc) is 3.16. The topological polar surface area (TPSA) is 97.3 Å². The fourth-order valence-electron chi connectivity index (χ4n) is 4.91. The number of rotatable bonds is 4. The quantitative estimate of drug-likeness (QED) is 0.715. The number of anilines is 1. The molecule has 1 amide bonds. The third kappa shape index (κ3) is 3.51. The van der Waals surface area contributed by atoms with Crippen molar-refractivity contribution in [2.75, 3.05) is 5.32 Å². The minimum atomic E-state index is -0.865. The van der Waals surface area contributed by atoms with Gasteiger partial charge in [0, 0.05) is 23.9 Å². The van der Waals surface area contributed by atoms with E-state index >= 15 is 4.39 Å². The minimum Gasteiger partial charge on any atom is -0.391 e. The van der Waals surface area contributed by atoms with E-state index in [4.69, 9.17) is 5.73 Å². The van der Waals surface area contributed by atoms with E-state index < -0.39 is 17.8 Å². The molecule has 0 radical (unpaired) electrons. The van der Waals surface area contributed by atoms with Gasteiger partial charge in [0.15, 0.2) is 5.78 Å². The predicted molar refractivity (Wildman–Crippen MR) is 113 cm³/mol. The van der Waals surface area contributed by atoms with Crippen LogP contribution in [0.4, 0.5) is 10.1 Å². The van der Waals surface area contributed by atoms with Gasteiger partial charge in [-0.2, -0.15) is 0 Å². The third-order valence-electron chi connectivity index (χ3n) is 6.28. The van der Waals surface area contributed by atoms with Crippen LogP contribution in [0.1, 0.15) is 71.5 Å². The number of aliphatic hydroxyl groups excluding tert-OH is 1. The van der Waals surface area contributed by atoms with E-state index in [1.807, 2.05) is 31.5 Å². The molecule has 1 aromatic heterocycles. The molecule has 2 atom stereocenters. The number of carbonyl (C=O) groups is 2. The lowest BCUT2D eigenvalue weighted by molar-refractivity contribution is 0.0909. The van der Waals surface area contributed by atoms with Crippen molar-refractivity contribution in [1.82, 2.24) is 4.57 Å². The second kappa shape index (κ2) is 7.23. The SMILES string of the molecule is Cc1cn(-c2cc(F)c(C(N)=O)c(NC3CCCC3O)c2)c2c1C(=O)CC(C)(C)C2. The van der Waals surface area contributed by atoms with Gasteiger partial charge in [-0.3, -0.25) is 9.59 Å². The Kier molecular flexibility index (Phi) is 4.97. The molecule has 0 saturated heterocycles. The first-order chi connectivity index (χ1) is 14.1. The van der Waals surface area contributed by atoms with Gasteiger partial charge in [-0.25, -0.2) is 4.39 Å². The summed E-state index contributed by atoms with van der Waals surface area (Å²) in [6.45, 7) is 5.98. The lowest BCUT2D eigenvalue weighted by atomic mass is 9.75. The summed E-state index contributed by atoms with van der Waals surface area (Å²) in [6.07, 6.45) is 4.69. The summed E-state index contributed by atoms with van der Waals surface area (Å²) < 4.78 is 16.8. The van der Waals surface area contributed by atoms with Crippen molar-refractivity contribution in [3.8, 4) is 5.69 Å². The van der Waals surface area contributed by atoms with Gasteiger partial charge in [0.05, 0.1) is 29.1 Å². The highest BCUT2D eigenvalue weighted by Crippen LogP contribution is 2.39. The number of nitrogens with zero attached hydrogens (tertiary/aromatic N) is 1. The standard InChI is InChI=1S/C23H28FN3O3/c1-12-11-27(17-9-23(2,3)10-19(29)20(12)17)13-7-14(24)21(22(25)30)16(8-13)26-15-5-4-6-18(15)28/h7-8,11,15,18,26,28H,4-6,9-10H2,1-3H3,(H2,25,30). The first kappa shape index (κ1) is 20.6. The summed E-state index contributed by atoms with van der Waals surface area (Å²) in [7, 11) is 0. The Morgan fingerprint density at radius 1 is 1.30 bits per heavy atom. The molecule has 1 fully saturated rings. The molecular formula is C23H28FN3O3. The van der Waals surface area contributed by atoms with Crippen molar-refractivity contribution < 1.29 is 19.1 Å². The highest BCUT2D eigenvalue weighted by Gasteiger charge is 2.35. The highest BCUT2D eigenvalue weighted by atomic mass is 19.1. The van der Waals surface area contributed by atoms with Crippen LogP contribution in [0.5, 0.6) is 0 Å². The third-order valence-corrected chi connectivity index (χ3v) is 6.28. The minimum absolute atomic E-state index is 0.0964. The first-order valence-electron chi connectivity index (χ1n) is 10.4. The molecule has 4 rings (SSSR count). The maximum Gasteiger partial charge on any atom is 0.253 e. The lowest BCUT2D eigenvalue weighted by Crippen LogP contribution is -2.30. The van der Waals surface area contributed by atoms with Crippen molar-refractivity contribution in [3.05, 3.63) is 46.5 Å². The number of halogens is 1. The zero-order chi connectivity index (χ0) is 21.8. The molecule has 1 aromatic carbocycles. The molecule has 0 bridgehead atoms. The van der Waals surface area contributed by atoms with E-state index in [-0.39, 0.29) is 28.5 Å². The van der Waals surface area contributed by atoms with E-state index in [9.17, 15) is 14.7 Å². The highest BCUT2D eigenvalue weighted by molar-refractivity contribution is 6.01. The van der Waals surface area contributed by atoms with Gasteiger partial charge in [0.2, 0.25) is 0 Å². The summed E-state index contributed by atoms with van der Waals surface area (Å²) >= 11 is 0. The normalized spacial score (nSPS) is 22.8. The van der Waals surface area contributed by atoms with Crippen molar-refractivity contribution in [2.45, 2.75) is 65.0 Å². The van der Waals surface area contributed by atoms with E-state index in [1.54, 1.807) is 6.07 Å². The zero-order valence-electron chi connectivity index (χ0n) is 17.6. The van der Waals surface area contributed by atoms with Crippen LogP contribution in [-0.2, 0) is 6.42 Å². The Morgan fingerprint density at radius 2 is 2.03 bits per heavy atom. The van der Waals surface area contributed by atoms with Gasteiger partial charge in [0.25, 0.3) is 5.91 Å². The number of amides is 1. The van der Waals surface area contributed by atoms with Crippen LogP contribution in [0, 0.1) is 18.2 Å². The van der Waals surface area contributed by atoms with E-state index in [1.165, 1.54) is 6.07 Å². The first-order valence-corrected chi connectivity index (χ1v) is 10.4. The molecule has 1 saturated carbocycles. The number of nitrogens with one attached hydrogen (secondary N) is 1. The number of hydrogen-bond acceptors (Lipinski definition) is 4. The van der Waals surface area contributed by atoms with Crippen molar-refractivity contribution in [1.29, 1.82) is 0 Å². The summed E-state index contributed by atoms with van der Waals surface area (Å²) in [6, 6.07) is 2.70. The molecule has 160 valence electrons. The van der Waals surface area contributed by atoms with Crippen LogP contribution >= 0.6 is 0 Å². The zero-order valence-corrected chi connectivity index (χ0v) is 17.6. The number of primary amides is 1. The molecule has 2 unspecified atom stereocenters. The molecule has 0 spiro atoms. The number of aliphatic hydroxyl groups is 1. The lowest BCUT2D eigenvalue weighted by Gasteiger charge is -2.30. The molecule has 2 aliphatic carbocycles. The smallest absolute Gasteiger partial charge is 0.253 e. The van der Waals surface area contributed by atoms with Crippen molar-refractivity contribution >= 4 is 17.4 Å². The molecule has 2 aliphatic rings. The monoisotopic (exact) mass is 413 g/mol. The van der Waals surface area contributed by atoms with Crippen LogP contribution in [0.25, 0.3) is 5.69 Å². The van der Waals surface area contributed by atoms with E-state index in [2.05, 4.69) is 5.32 Å². The number of aromatic nitrogens is 1. The fourth-order valence-corrected chi connectivity index (χ4v) is 4.91. The van der Waals surface area contributed by atoms with Gasteiger partial charge < -0.3 is 20.7 Å². The maximum absolute atomic E-state index is 15.0. The van der Waals surface area contributed by atoms with Crippen LogP contribution in [0.2, 0.25) is 0 Å². The molecule has 6 nitrogen and oxygen atoms in total. The number of fused-ring (bicyclic) bond motifs is 1. The van der Waals surface area contributed by atoms with Crippen LogP contribution < -0.4 is 11.1 Å². The number of aryl methyl sites for hydroxylation is 1. The summed E-state index contributed by atoms with van der Waals surface area (Å²) in [5.74, 6) is -1.49. The predicted octanol–water partition coefficient (Wildman–Crippen LogP) is 3.50. The Morgan fingerprint density at radius 3 is 2.67 bits per heavy atom. The maximum atomic E-state index is 15.0. The van der Waals surface area contributed by atoms with Gasteiger partial charge in [-0.15, -0.1) is 0 Å². The number of nitrogens with two attached hydrogens (primary N) is 1. The average molecular weight is 413 g/mol. The second-order valence-electron chi connectivity index (χ2n) is 9.41. The summed E-state index contributed by atoms with van der Waals surface area (Å²) in [4.78, 5) is 24.7. The number of carbonyl (C=O) groups excluding carboxylic acids is 2. The van der Waals surface area contributed by atoms with Gasteiger partial charge in [0.1, 0.15) is 5.82 Å². The second-order valence-corrected chi connectivity index (χ2v) is 9.41. The van der Waals surface area contributed by atoms with Crippen molar-refractivity contribution in [3.63, 3.8) is 0 Å². The summed E-state index contributed by atoms with van der Waals surface area (Å²) in [5, 5.41) is 13.3. The van der Waals surface area contributed by atoms with Crippen molar-refractivity contribution in [2.24, 2.45) is 11.1 Å². The molecule has 1 heterocycles. The van der Waals surface area contributed by atoms with Gasteiger partial charge in [-0.05, 0) is 55.7 Å². The van der Waals surface area contributed by atoms with Crippen LogP contribution in [0.15, 0.2) is 18.3 Å². The van der Waals surface area contributed by atoms with Gasteiger partial charge >= 0.3 is 0 Å².